The van der Waals surface area contributed by atoms with Crippen LogP contribution in [-0.2, 0) is 33.3 Å². The van der Waals surface area contributed by atoms with Crippen molar-refractivity contribution in [2.45, 2.75) is 70.9 Å². The van der Waals surface area contributed by atoms with E-state index in [2.05, 4.69) is 30.8 Å². The van der Waals surface area contributed by atoms with Gasteiger partial charge in [0.1, 0.15) is 17.5 Å². The Labute approximate surface area is 398 Å². The van der Waals surface area contributed by atoms with Crippen LogP contribution in [0.1, 0.15) is 94.5 Å². The first-order chi connectivity index (χ1) is 33.5. The largest absolute Gasteiger partial charge is 0.382 e. The number of ketones is 1. The summed E-state index contributed by atoms with van der Waals surface area (Å²) in [5.41, 5.74) is 2.80. The maximum absolute atomic E-state index is 13.6. The van der Waals surface area contributed by atoms with E-state index in [0.29, 0.717) is 120 Å². The molecule has 69 heavy (non-hydrogen) atoms. The monoisotopic (exact) mass is 950 g/mol. The Morgan fingerprint density at radius 1 is 0.797 bits per heavy atom. The molecule has 0 spiro atoms. The van der Waals surface area contributed by atoms with Crippen molar-refractivity contribution in [2.24, 2.45) is 0 Å². The van der Waals surface area contributed by atoms with Crippen LogP contribution in [0.25, 0.3) is 11.0 Å². The molecule has 6 heterocycles. The molecule has 1 unspecified atom stereocenters. The van der Waals surface area contributed by atoms with Gasteiger partial charge in [0.05, 0.1) is 87.9 Å². The number of carbonyl (C=O) groups excluding carboxylic acids is 6. The molecule has 4 aliphatic rings. The quantitative estimate of drug-likeness (QED) is 0.0582. The second kappa shape index (κ2) is 22.6. The number of hydrogen-bond donors (Lipinski definition) is 3. The van der Waals surface area contributed by atoms with Gasteiger partial charge in [0.25, 0.3) is 17.4 Å². The predicted molar refractivity (Wildman–Crippen MR) is 252 cm³/mol. The Kier molecular flexibility index (Phi) is 16.0. The Hall–Kier alpha value is -6.68. The normalized spacial score (nSPS) is 17.5. The number of pyridine rings is 2. The number of carbonyl (C=O) groups is 6. The summed E-state index contributed by atoms with van der Waals surface area (Å²) >= 11 is 0. The van der Waals surface area contributed by atoms with Gasteiger partial charge in [-0.25, -0.2) is 9.97 Å². The van der Waals surface area contributed by atoms with Crippen LogP contribution in [0.5, 0.6) is 0 Å². The number of rotatable bonds is 22. The number of ether oxygens (including phenoxy) is 4. The van der Waals surface area contributed by atoms with E-state index >= 15 is 0 Å². The minimum atomic E-state index is -1.03. The summed E-state index contributed by atoms with van der Waals surface area (Å²) in [6, 6.07) is 7.66. The number of fused-ring (bicyclic) bond motifs is 2. The van der Waals surface area contributed by atoms with Crippen molar-refractivity contribution in [2.75, 3.05) is 101 Å². The zero-order valence-corrected chi connectivity index (χ0v) is 39.0. The molecule has 366 valence electrons. The van der Waals surface area contributed by atoms with Crippen LogP contribution < -0.4 is 26.4 Å². The van der Waals surface area contributed by atoms with E-state index in [1.54, 1.807) is 42.1 Å². The van der Waals surface area contributed by atoms with Crippen molar-refractivity contribution in [1.82, 2.24) is 34.6 Å². The molecule has 5 amide bonds. The summed E-state index contributed by atoms with van der Waals surface area (Å²) in [6.07, 6.45) is 7.62. The van der Waals surface area contributed by atoms with Gasteiger partial charge in [0, 0.05) is 62.5 Å². The van der Waals surface area contributed by atoms with Gasteiger partial charge in [0.2, 0.25) is 23.7 Å². The van der Waals surface area contributed by atoms with Crippen molar-refractivity contribution in [3.8, 4) is 0 Å². The molecule has 1 aliphatic carbocycles. The van der Waals surface area contributed by atoms with Crippen LogP contribution >= 0.6 is 0 Å². The third kappa shape index (κ3) is 11.3. The molecule has 1 aromatic carbocycles. The van der Waals surface area contributed by atoms with Gasteiger partial charge in [-0.2, -0.15) is 4.98 Å². The van der Waals surface area contributed by atoms with Gasteiger partial charge in [-0.15, -0.1) is 0 Å². The number of hydrogen-bond acceptors (Lipinski definition) is 17. The predicted octanol–water partition coefficient (Wildman–Crippen LogP) is 3.17. The number of piperazine rings is 1. The fourth-order valence-electron chi connectivity index (χ4n) is 9.28. The van der Waals surface area contributed by atoms with Crippen LogP contribution in [0.4, 0.5) is 23.1 Å². The van der Waals surface area contributed by atoms with Gasteiger partial charge in [0.15, 0.2) is 5.78 Å². The van der Waals surface area contributed by atoms with Crippen LogP contribution in [0, 0.1) is 6.92 Å². The van der Waals surface area contributed by atoms with Crippen LogP contribution in [0.15, 0.2) is 47.5 Å². The third-order valence-electron chi connectivity index (χ3n) is 12.8. The van der Waals surface area contributed by atoms with Crippen LogP contribution in [-0.4, -0.2) is 156 Å². The highest BCUT2D eigenvalue weighted by Crippen LogP contribution is 2.34. The number of Topliss-reactive ketones (excluding diaryl/α,β-unsaturated/α-hetero) is 1. The lowest BCUT2D eigenvalue weighted by Gasteiger charge is -2.36. The molecular formula is C48H58N10O11. The van der Waals surface area contributed by atoms with Gasteiger partial charge in [-0.05, 0) is 62.9 Å². The van der Waals surface area contributed by atoms with E-state index in [1.807, 2.05) is 17.0 Å². The fourth-order valence-corrected chi connectivity index (χ4v) is 9.28. The molecule has 8 rings (SSSR count). The van der Waals surface area contributed by atoms with Crippen molar-refractivity contribution >= 4 is 69.5 Å². The highest BCUT2D eigenvalue weighted by Gasteiger charge is 2.45. The first-order valence-electron chi connectivity index (χ1n) is 23.6. The molecular weight excluding hydrogens is 893 g/mol. The standard InChI is InChI=1S/C48H58N10O11/c1-30-35-29-51-48(54-43(35)57(32-6-3-4-7-32)46(64)41(30)31(2)59)52-38-12-10-33(28-50-38)55-16-18-56(19-17-55)40(61)14-20-66-22-24-68-26-27-69-25-23-67-21-15-49-36-9-5-8-34-42(36)47(65)58(45(34)63)37-11-13-39(60)53-44(37)62/h5,8-10,12,28-29,32,37,49H,3-4,6-7,11,13-27H2,1-2H3,(H,53,60,62)(H,50,51,52,54). The second-order valence-corrected chi connectivity index (χ2v) is 17.3. The molecule has 3 fully saturated rings. The van der Waals surface area contributed by atoms with E-state index in [0.717, 1.165) is 36.3 Å². The fraction of sp³-hybridized carbons (Fsp3) is 0.500. The molecule has 0 radical (unpaired) electrons. The van der Waals surface area contributed by atoms with E-state index < -0.39 is 29.7 Å². The van der Waals surface area contributed by atoms with E-state index in [9.17, 15) is 33.6 Å². The number of nitrogens with one attached hydrogen (secondary N) is 3. The highest BCUT2D eigenvalue weighted by molar-refractivity contribution is 6.25. The molecule has 3 N–H and O–H groups in total. The summed E-state index contributed by atoms with van der Waals surface area (Å²) in [4.78, 5) is 108. The molecule has 21 nitrogen and oxygen atoms in total. The first-order valence-corrected chi connectivity index (χ1v) is 23.6. The Bertz CT molecular complexity index is 2630. The number of imide groups is 2. The maximum atomic E-state index is 13.6. The molecule has 21 heteroatoms. The van der Waals surface area contributed by atoms with Crippen molar-refractivity contribution < 1.29 is 47.7 Å². The third-order valence-corrected chi connectivity index (χ3v) is 12.8. The second-order valence-electron chi connectivity index (χ2n) is 17.3. The summed E-state index contributed by atoms with van der Waals surface area (Å²) < 4.78 is 24.1. The molecule has 2 saturated heterocycles. The number of aryl methyl sites for hydroxylation is 1. The van der Waals surface area contributed by atoms with E-state index in [-0.39, 0.29) is 59.2 Å². The van der Waals surface area contributed by atoms with Crippen molar-refractivity contribution in [3.05, 3.63) is 75.3 Å². The van der Waals surface area contributed by atoms with Gasteiger partial charge in [-0.3, -0.25) is 48.3 Å². The average molecular weight is 951 g/mol. The van der Waals surface area contributed by atoms with Crippen molar-refractivity contribution in [3.63, 3.8) is 0 Å². The summed E-state index contributed by atoms with van der Waals surface area (Å²) in [7, 11) is 0. The number of benzene rings is 1. The number of aromatic nitrogens is 4. The molecule has 3 aromatic heterocycles. The molecule has 3 aliphatic heterocycles. The maximum Gasteiger partial charge on any atom is 0.264 e. The van der Waals surface area contributed by atoms with E-state index in [4.69, 9.17) is 23.9 Å². The summed E-state index contributed by atoms with van der Waals surface area (Å²) in [5, 5.41) is 9.19. The molecule has 1 saturated carbocycles. The average Bonchev–Trinajstić information content (AvgIpc) is 3.96. The van der Waals surface area contributed by atoms with Crippen LogP contribution in [0.2, 0.25) is 0 Å². The number of anilines is 4. The van der Waals surface area contributed by atoms with E-state index in [1.165, 1.54) is 6.92 Å². The number of nitrogens with zero attached hydrogens (tertiary/aromatic N) is 7. The smallest absolute Gasteiger partial charge is 0.264 e. The van der Waals surface area contributed by atoms with Crippen molar-refractivity contribution in [1.29, 1.82) is 0 Å². The SMILES string of the molecule is CC(=O)c1c(C)c2cnc(Nc3ccc(N4CCN(C(=O)CCOCCOCCOCCOCCNc5cccc6c5C(=O)N(C5CCC(=O)NC5=O)C6=O)CC4)cn3)nc2n(C2CCCC2)c1=O. The van der Waals surface area contributed by atoms with Gasteiger partial charge >= 0.3 is 0 Å². The first kappa shape index (κ1) is 48.8. The van der Waals surface area contributed by atoms with Gasteiger partial charge in [-0.1, -0.05) is 18.9 Å². The lowest BCUT2D eigenvalue weighted by atomic mass is 10.0. The summed E-state index contributed by atoms with van der Waals surface area (Å²) in [6.45, 7) is 8.80. The van der Waals surface area contributed by atoms with Crippen LogP contribution in [0.3, 0.4) is 0 Å². The van der Waals surface area contributed by atoms with Gasteiger partial charge < -0.3 is 39.4 Å². The molecule has 4 aromatic rings. The Morgan fingerprint density at radius 3 is 2.16 bits per heavy atom. The lowest BCUT2D eigenvalue weighted by Crippen LogP contribution is -2.54. The minimum Gasteiger partial charge on any atom is -0.382 e. The zero-order valence-electron chi connectivity index (χ0n) is 39.0. The molecule has 0 bridgehead atoms. The Morgan fingerprint density at radius 2 is 1.49 bits per heavy atom. The molecule has 1 atom stereocenters. The lowest BCUT2D eigenvalue weighted by molar-refractivity contribution is -0.136. The number of amides is 5. The number of piperidine rings is 1. The minimum absolute atomic E-state index is 0.0138. The summed E-state index contributed by atoms with van der Waals surface area (Å²) in [5.74, 6) is -1.59. The zero-order chi connectivity index (χ0) is 48.4. The topological polar surface area (TPSA) is 246 Å². The Balaban J connectivity index is 0.657. The highest BCUT2D eigenvalue weighted by atomic mass is 16.6.